The lowest BCUT2D eigenvalue weighted by molar-refractivity contribution is 0.0904. The van der Waals surface area contributed by atoms with Crippen LogP contribution in [0, 0.1) is 11.3 Å². The summed E-state index contributed by atoms with van der Waals surface area (Å²) in [6.07, 6.45) is 2.01. The smallest absolute Gasteiger partial charge is 0.101 e. The minimum Gasteiger partial charge on any atom is -0.382 e. The van der Waals surface area contributed by atoms with Gasteiger partial charge in [-0.15, -0.1) is 0 Å². The second-order valence-corrected chi connectivity index (χ2v) is 4.24. The Balaban J connectivity index is 2.06. The first-order chi connectivity index (χ1) is 7.79. The summed E-state index contributed by atoms with van der Waals surface area (Å²) in [7, 11) is 0. The maximum absolute atomic E-state index is 8.87. The topological polar surface area (TPSA) is 45.0 Å². The van der Waals surface area contributed by atoms with Crippen molar-refractivity contribution in [2.75, 3.05) is 18.5 Å². The SMILES string of the molecule is N#Cc1cc(NC2CCOCC2)ccc1Cl. The molecule has 0 radical (unpaired) electrons. The first-order valence-corrected chi connectivity index (χ1v) is 5.71. The predicted molar refractivity (Wildman–Crippen MR) is 63.6 cm³/mol. The van der Waals surface area contributed by atoms with Crippen LogP contribution in [0.25, 0.3) is 0 Å². The Hall–Kier alpha value is -1.24. The Kier molecular flexibility index (Phi) is 3.66. The molecule has 4 heteroatoms. The number of benzene rings is 1. The number of hydrogen-bond acceptors (Lipinski definition) is 3. The summed E-state index contributed by atoms with van der Waals surface area (Å²) in [5, 5.41) is 12.8. The van der Waals surface area contributed by atoms with Crippen LogP contribution < -0.4 is 5.32 Å². The first kappa shape index (κ1) is 11.3. The lowest BCUT2D eigenvalue weighted by atomic mass is 10.1. The maximum atomic E-state index is 8.87. The molecule has 16 heavy (non-hydrogen) atoms. The van der Waals surface area contributed by atoms with E-state index in [1.165, 1.54) is 0 Å². The summed E-state index contributed by atoms with van der Waals surface area (Å²) in [4.78, 5) is 0. The van der Waals surface area contributed by atoms with Crippen molar-refractivity contribution in [3.05, 3.63) is 28.8 Å². The molecule has 0 saturated carbocycles. The van der Waals surface area contributed by atoms with Gasteiger partial charge in [0.15, 0.2) is 0 Å². The van der Waals surface area contributed by atoms with Gasteiger partial charge in [-0.1, -0.05) is 11.6 Å². The van der Waals surface area contributed by atoms with Crippen LogP contribution in [0.4, 0.5) is 5.69 Å². The lowest BCUT2D eigenvalue weighted by Gasteiger charge is -2.24. The van der Waals surface area contributed by atoms with E-state index in [9.17, 15) is 0 Å². The Bertz CT molecular complexity index is 408. The summed E-state index contributed by atoms with van der Waals surface area (Å²) < 4.78 is 5.29. The number of nitrogens with zero attached hydrogens (tertiary/aromatic N) is 1. The zero-order valence-electron chi connectivity index (χ0n) is 8.87. The molecule has 1 aliphatic heterocycles. The van der Waals surface area contributed by atoms with Gasteiger partial charge in [-0.25, -0.2) is 0 Å². The molecule has 2 rings (SSSR count). The molecule has 3 nitrogen and oxygen atoms in total. The number of nitriles is 1. The van der Waals surface area contributed by atoms with Gasteiger partial charge in [0, 0.05) is 24.9 Å². The Morgan fingerprint density at radius 1 is 1.38 bits per heavy atom. The van der Waals surface area contributed by atoms with E-state index in [-0.39, 0.29) is 0 Å². The van der Waals surface area contributed by atoms with Crippen molar-refractivity contribution >= 4 is 17.3 Å². The van der Waals surface area contributed by atoms with Crippen LogP contribution in [0.3, 0.4) is 0 Å². The molecule has 0 aliphatic carbocycles. The fraction of sp³-hybridized carbons (Fsp3) is 0.417. The Morgan fingerprint density at radius 3 is 2.81 bits per heavy atom. The molecule has 0 bridgehead atoms. The van der Waals surface area contributed by atoms with E-state index in [0.29, 0.717) is 16.6 Å². The van der Waals surface area contributed by atoms with Gasteiger partial charge in [-0.3, -0.25) is 0 Å². The monoisotopic (exact) mass is 236 g/mol. The quantitative estimate of drug-likeness (QED) is 0.859. The molecular weight excluding hydrogens is 224 g/mol. The molecule has 0 aromatic heterocycles. The van der Waals surface area contributed by atoms with Gasteiger partial charge in [0.2, 0.25) is 0 Å². The van der Waals surface area contributed by atoms with Gasteiger partial charge in [-0.2, -0.15) is 5.26 Å². The molecule has 0 amide bonds. The Labute approximate surface area is 100.0 Å². The van der Waals surface area contributed by atoms with E-state index in [1.807, 2.05) is 6.07 Å². The fourth-order valence-corrected chi connectivity index (χ4v) is 1.94. The Morgan fingerprint density at radius 2 is 2.12 bits per heavy atom. The highest BCUT2D eigenvalue weighted by molar-refractivity contribution is 6.31. The number of anilines is 1. The molecule has 1 saturated heterocycles. The molecule has 1 aliphatic rings. The van der Waals surface area contributed by atoms with E-state index >= 15 is 0 Å². The average Bonchev–Trinajstić information content (AvgIpc) is 2.33. The number of rotatable bonds is 2. The maximum Gasteiger partial charge on any atom is 0.101 e. The molecule has 0 unspecified atom stereocenters. The normalized spacial score (nSPS) is 16.8. The van der Waals surface area contributed by atoms with E-state index < -0.39 is 0 Å². The van der Waals surface area contributed by atoms with Crippen LogP contribution in [0.1, 0.15) is 18.4 Å². The predicted octanol–water partition coefficient (Wildman–Crippen LogP) is 2.80. The van der Waals surface area contributed by atoms with Crippen LogP contribution in [-0.2, 0) is 4.74 Å². The number of hydrogen-bond donors (Lipinski definition) is 1. The fourth-order valence-electron chi connectivity index (χ4n) is 1.78. The highest BCUT2D eigenvalue weighted by Crippen LogP contribution is 2.21. The third-order valence-corrected chi connectivity index (χ3v) is 3.01. The van der Waals surface area contributed by atoms with Crippen molar-refractivity contribution in [1.29, 1.82) is 5.26 Å². The van der Waals surface area contributed by atoms with Crippen LogP contribution >= 0.6 is 11.6 Å². The number of ether oxygens (including phenoxy) is 1. The van der Waals surface area contributed by atoms with E-state index in [1.54, 1.807) is 12.1 Å². The van der Waals surface area contributed by atoms with E-state index in [4.69, 9.17) is 21.6 Å². The highest BCUT2D eigenvalue weighted by atomic mass is 35.5. The van der Waals surface area contributed by atoms with Crippen LogP contribution in [0.2, 0.25) is 5.02 Å². The molecule has 1 fully saturated rings. The molecule has 84 valence electrons. The van der Waals surface area contributed by atoms with Gasteiger partial charge < -0.3 is 10.1 Å². The van der Waals surface area contributed by atoms with Crippen LogP contribution in [0.15, 0.2) is 18.2 Å². The van der Waals surface area contributed by atoms with Gasteiger partial charge in [0.05, 0.1) is 10.6 Å². The third-order valence-electron chi connectivity index (χ3n) is 2.68. The van der Waals surface area contributed by atoms with Gasteiger partial charge in [0.1, 0.15) is 6.07 Å². The van der Waals surface area contributed by atoms with Crippen LogP contribution in [-0.4, -0.2) is 19.3 Å². The minimum absolute atomic E-state index is 0.432. The third kappa shape index (κ3) is 2.66. The zero-order chi connectivity index (χ0) is 11.4. The average molecular weight is 237 g/mol. The van der Waals surface area contributed by atoms with Gasteiger partial charge in [-0.05, 0) is 31.0 Å². The largest absolute Gasteiger partial charge is 0.382 e. The zero-order valence-corrected chi connectivity index (χ0v) is 9.63. The van der Waals surface area contributed by atoms with Gasteiger partial charge >= 0.3 is 0 Å². The number of halogens is 1. The van der Waals surface area contributed by atoms with E-state index in [0.717, 1.165) is 31.7 Å². The molecule has 0 atom stereocenters. The molecule has 1 aromatic rings. The number of nitrogens with one attached hydrogen (secondary N) is 1. The van der Waals surface area contributed by atoms with Gasteiger partial charge in [0.25, 0.3) is 0 Å². The summed E-state index contributed by atoms with van der Waals surface area (Å²) in [5.74, 6) is 0. The first-order valence-electron chi connectivity index (χ1n) is 5.33. The molecular formula is C12H13ClN2O. The van der Waals surface area contributed by atoms with Crippen molar-refractivity contribution in [2.45, 2.75) is 18.9 Å². The van der Waals surface area contributed by atoms with Crippen molar-refractivity contribution < 1.29 is 4.74 Å². The molecule has 0 spiro atoms. The summed E-state index contributed by atoms with van der Waals surface area (Å²) in [6.45, 7) is 1.60. The van der Waals surface area contributed by atoms with Crippen molar-refractivity contribution in [3.8, 4) is 6.07 Å². The minimum atomic E-state index is 0.432. The van der Waals surface area contributed by atoms with Crippen molar-refractivity contribution in [1.82, 2.24) is 0 Å². The molecule has 1 N–H and O–H groups in total. The molecule has 1 aromatic carbocycles. The van der Waals surface area contributed by atoms with Crippen LogP contribution in [0.5, 0.6) is 0 Å². The summed E-state index contributed by atoms with van der Waals surface area (Å²) in [5.41, 5.74) is 1.46. The van der Waals surface area contributed by atoms with Crippen molar-refractivity contribution in [3.63, 3.8) is 0 Å². The standard InChI is InChI=1S/C12H13ClN2O/c13-12-2-1-11(7-9(12)8-14)15-10-3-5-16-6-4-10/h1-2,7,10,15H,3-6H2. The summed E-state index contributed by atoms with van der Waals surface area (Å²) in [6, 6.07) is 7.95. The van der Waals surface area contributed by atoms with Crippen molar-refractivity contribution in [2.24, 2.45) is 0 Å². The van der Waals surface area contributed by atoms with E-state index in [2.05, 4.69) is 11.4 Å². The second kappa shape index (κ2) is 5.20. The lowest BCUT2D eigenvalue weighted by Crippen LogP contribution is -2.27. The summed E-state index contributed by atoms with van der Waals surface area (Å²) >= 11 is 5.87. The highest BCUT2D eigenvalue weighted by Gasteiger charge is 2.13. The molecule has 1 heterocycles. The second-order valence-electron chi connectivity index (χ2n) is 3.84.